The number of hydrogen-bond donors (Lipinski definition) is 1. The van der Waals surface area contributed by atoms with Crippen molar-refractivity contribution in [2.45, 2.75) is 13.0 Å². The van der Waals surface area contributed by atoms with Crippen molar-refractivity contribution >= 4 is 21.7 Å². The van der Waals surface area contributed by atoms with Crippen molar-refractivity contribution in [3.05, 3.63) is 22.8 Å². The molecule has 0 bridgehead atoms. The summed E-state index contributed by atoms with van der Waals surface area (Å²) in [5, 5.41) is 3.31. The van der Waals surface area contributed by atoms with E-state index in [1.54, 1.807) is 0 Å². The van der Waals surface area contributed by atoms with Gasteiger partial charge in [-0.3, -0.25) is 4.90 Å². The van der Waals surface area contributed by atoms with E-state index in [1.807, 2.05) is 18.2 Å². The van der Waals surface area contributed by atoms with E-state index in [0.717, 1.165) is 43.2 Å². The third-order valence-corrected chi connectivity index (χ3v) is 3.34. The van der Waals surface area contributed by atoms with Crippen molar-refractivity contribution in [3.63, 3.8) is 0 Å². The topological polar surface area (TPSA) is 37.4 Å². The summed E-state index contributed by atoms with van der Waals surface area (Å²) in [5.41, 5.74) is 0. The predicted octanol–water partition coefficient (Wildman–Crippen LogP) is 1.98. The Morgan fingerprint density at radius 3 is 3.24 bits per heavy atom. The van der Waals surface area contributed by atoms with Crippen molar-refractivity contribution in [3.8, 4) is 0 Å². The number of likely N-dealkylation sites (N-methyl/N-ethyl adjacent to an activating group) is 1. The van der Waals surface area contributed by atoms with E-state index in [4.69, 9.17) is 4.74 Å². The lowest BCUT2D eigenvalue weighted by Crippen LogP contribution is -2.45. The minimum absolute atomic E-state index is 0.254. The number of ether oxygens (including phenoxy) is 1. The van der Waals surface area contributed by atoms with Gasteiger partial charge in [-0.15, -0.1) is 0 Å². The van der Waals surface area contributed by atoms with Crippen molar-refractivity contribution in [1.82, 2.24) is 9.88 Å². The molecule has 94 valence electrons. The molecule has 5 heteroatoms. The molecule has 1 saturated heterocycles. The lowest BCUT2D eigenvalue weighted by Gasteiger charge is -2.32. The van der Waals surface area contributed by atoms with Crippen LogP contribution in [0.4, 0.5) is 5.82 Å². The number of morpholine rings is 1. The molecular weight excluding hydrogens is 282 g/mol. The molecule has 1 unspecified atom stereocenters. The molecule has 1 aromatic rings. The minimum atomic E-state index is 0.254. The predicted molar refractivity (Wildman–Crippen MR) is 72.3 cm³/mol. The Morgan fingerprint density at radius 1 is 1.59 bits per heavy atom. The molecule has 1 aliphatic rings. The van der Waals surface area contributed by atoms with Gasteiger partial charge in [0.2, 0.25) is 0 Å². The third-order valence-electron chi connectivity index (χ3n) is 2.90. The van der Waals surface area contributed by atoms with Crippen molar-refractivity contribution in [1.29, 1.82) is 0 Å². The summed E-state index contributed by atoms with van der Waals surface area (Å²) >= 11 is 3.36. The molecule has 1 N–H and O–H groups in total. The van der Waals surface area contributed by atoms with Gasteiger partial charge in [0.05, 0.1) is 12.7 Å². The number of nitrogens with one attached hydrogen (secondary N) is 1. The Hall–Kier alpha value is -0.650. The third kappa shape index (κ3) is 3.94. The normalized spacial score (nSPS) is 21.4. The average Bonchev–Trinajstić information content (AvgIpc) is 2.37. The van der Waals surface area contributed by atoms with E-state index in [-0.39, 0.29) is 6.10 Å². The van der Waals surface area contributed by atoms with Crippen molar-refractivity contribution in [2.24, 2.45) is 0 Å². The maximum atomic E-state index is 5.72. The SMILES string of the molecule is CCN1CCOC(CNc2cccc(Br)n2)C1. The molecule has 0 aliphatic carbocycles. The average molecular weight is 300 g/mol. The fourth-order valence-corrected chi connectivity index (χ4v) is 2.26. The van der Waals surface area contributed by atoms with Crippen LogP contribution in [0.25, 0.3) is 0 Å². The van der Waals surface area contributed by atoms with Gasteiger partial charge in [-0.1, -0.05) is 13.0 Å². The number of aromatic nitrogens is 1. The molecule has 1 fully saturated rings. The standard InChI is InChI=1S/C12H18BrN3O/c1-2-16-6-7-17-10(9-16)8-14-12-5-3-4-11(13)15-12/h3-5,10H,2,6-9H2,1H3,(H,14,15). The largest absolute Gasteiger partial charge is 0.374 e. The molecule has 0 radical (unpaired) electrons. The summed E-state index contributed by atoms with van der Waals surface area (Å²) in [5.74, 6) is 0.886. The summed E-state index contributed by atoms with van der Waals surface area (Å²) in [6.45, 7) is 6.95. The zero-order valence-corrected chi connectivity index (χ0v) is 11.6. The summed E-state index contributed by atoms with van der Waals surface area (Å²) in [6, 6.07) is 5.85. The molecule has 4 nitrogen and oxygen atoms in total. The molecule has 1 aliphatic heterocycles. The van der Waals surface area contributed by atoms with Crippen LogP contribution in [-0.4, -0.2) is 48.8 Å². The molecule has 2 heterocycles. The van der Waals surface area contributed by atoms with E-state index in [1.165, 1.54) is 0 Å². The molecule has 17 heavy (non-hydrogen) atoms. The summed E-state index contributed by atoms with van der Waals surface area (Å²) < 4.78 is 6.57. The maximum absolute atomic E-state index is 5.72. The van der Waals surface area contributed by atoms with E-state index in [2.05, 4.69) is 38.1 Å². The molecule has 0 spiro atoms. The van der Waals surface area contributed by atoms with Gasteiger partial charge in [0, 0.05) is 19.6 Å². The van der Waals surface area contributed by atoms with Crippen LogP contribution < -0.4 is 5.32 Å². The summed E-state index contributed by atoms with van der Waals surface area (Å²) in [6.07, 6.45) is 0.254. The second-order valence-corrected chi connectivity index (χ2v) is 4.92. The lowest BCUT2D eigenvalue weighted by atomic mass is 10.2. The monoisotopic (exact) mass is 299 g/mol. The molecule has 1 aromatic heterocycles. The van der Waals surface area contributed by atoms with Gasteiger partial charge in [0.1, 0.15) is 10.4 Å². The van der Waals surface area contributed by atoms with Gasteiger partial charge in [0.15, 0.2) is 0 Å². The number of rotatable bonds is 4. The molecule has 0 aromatic carbocycles. The van der Waals surface area contributed by atoms with Crippen molar-refractivity contribution < 1.29 is 4.74 Å². The van der Waals surface area contributed by atoms with E-state index in [0.29, 0.717) is 0 Å². The quantitative estimate of drug-likeness (QED) is 0.863. The van der Waals surface area contributed by atoms with Crippen LogP contribution >= 0.6 is 15.9 Å². The van der Waals surface area contributed by atoms with Crippen LogP contribution in [0.3, 0.4) is 0 Å². The first kappa shape index (κ1) is 12.8. The highest BCUT2D eigenvalue weighted by Gasteiger charge is 2.18. The van der Waals surface area contributed by atoms with Gasteiger partial charge in [-0.25, -0.2) is 4.98 Å². The number of hydrogen-bond acceptors (Lipinski definition) is 4. The smallest absolute Gasteiger partial charge is 0.127 e. The van der Waals surface area contributed by atoms with Crippen LogP contribution in [0, 0.1) is 0 Å². The Morgan fingerprint density at radius 2 is 2.47 bits per heavy atom. The molecular formula is C12H18BrN3O. The van der Waals surface area contributed by atoms with Gasteiger partial charge in [0.25, 0.3) is 0 Å². The van der Waals surface area contributed by atoms with Crippen LogP contribution in [0.2, 0.25) is 0 Å². The number of pyridine rings is 1. The van der Waals surface area contributed by atoms with Gasteiger partial charge in [-0.05, 0) is 34.6 Å². The molecule has 0 saturated carbocycles. The fraction of sp³-hybridized carbons (Fsp3) is 0.583. The first-order chi connectivity index (χ1) is 8.28. The maximum Gasteiger partial charge on any atom is 0.127 e. The molecule has 1 atom stereocenters. The van der Waals surface area contributed by atoms with E-state index in [9.17, 15) is 0 Å². The highest BCUT2D eigenvalue weighted by molar-refractivity contribution is 9.10. The highest BCUT2D eigenvalue weighted by Crippen LogP contribution is 2.11. The highest BCUT2D eigenvalue weighted by atomic mass is 79.9. The molecule has 0 amide bonds. The first-order valence-electron chi connectivity index (χ1n) is 5.98. The number of halogens is 1. The van der Waals surface area contributed by atoms with Crippen LogP contribution in [0.5, 0.6) is 0 Å². The van der Waals surface area contributed by atoms with Gasteiger partial charge >= 0.3 is 0 Å². The number of anilines is 1. The first-order valence-corrected chi connectivity index (χ1v) is 6.77. The molecule has 2 rings (SSSR count). The second kappa shape index (κ2) is 6.33. The zero-order valence-electron chi connectivity index (χ0n) is 10.0. The summed E-state index contributed by atoms with van der Waals surface area (Å²) in [7, 11) is 0. The minimum Gasteiger partial charge on any atom is -0.374 e. The van der Waals surface area contributed by atoms with Crippen LogP contribution in [-0.2, 0) is 4.74 Å². The van der Waals surface area contributed by atoms with Gasteiger partial charge < -0.3 is 10.1 Å². The van der Waals surface area contributed by atoms with E-state index >= 15 is 0 Å². The number of nitrogens with zero attached hydrogens (tertiary/aromatic N) is 2. The van der Waals surface area contributed by atoms with Crippen molar-refractivity contribution in [2.75, 3.05) is 38.1 Å². The van der Waals surface area contributed by atoms with E-state index < -0.39 is 0 Å². The Bertz CT molecular complexity index is 361. The Balaban J connectivity index is 1.81. The van der Waals surface area contributed by atoms with Crippen LogP contribution in [0.1, 0.15) is 6.92 Å². The van der Waals surface area contributed by atoms with Crippen LogP contribution in [0.15, 0.2) is 22.8 Å². The fourth-order valence-electron chi connectivity index (χ4n) is 1.92. The zero-order chi connectivity index (χ0) is 12.1. The lowest BCUT2D eigenvalue weighted by molar-refractivity contribution is -0.0192. The Kier molecular flexibility index (Phi) is 4.76. The van der Waals surface area contributed by atoms with Gasteiger partial charge in [-0.2, -0.15) is 0 Å². The summed E-state index contributed by atoms with van der Waals surface area (Å²) in [4.78, 5) is 6.74. The second-order valence-electron chi connectivity index (χ2n) is 4.11. The Labute approximate surface area is 110 Å².